The van der Waals surface area contributed by atoms with Crippen LogP contribution >= 0.6 is 12.4 Å². The summed E-state index contributed by atoms with van der Waals surface area (Å²) in [5, 5.41) is 12.3. The van der Waals surface area contributed by atoms with Crippen LogP contribution in [0, 0.1) is 11.3 Å². The average molecular weight is 282 g/mol. The van der Waals surface area contributed by atoms with E-state index in [-0.39, 0.29) is 12.4 Å². The Kier molecular flexibility index (Phi) is 6.10. The first kappa shape index (κ1) is 15.8. The third-order valence-electron chi connectivity index (χ3n) is 3.41. The van der Waals surface area contributed by atoms with Crippen molar-refractivity contribution in [2.24, 2.45) is 0 Å². The van der Waals surface area contributed by atoms with Crippen LogP contribution in [0.3, 0.4) is 0 Å². The highest BCUT2D eigenvalue weighted by atomic mass is 35.5. The van der Waals surface area contributed by atoms with Gasteiger partial charge in [-0.3, -0.25) is 4.90 Å². The van der Waals surface area contributed by atoms with Crippen molar-refractivity contribution in [2.45, 2.75) is 19.5 Å². The van der Waals surface area contributed by atoms with Crippen molar-refractivity contribution < 1.29 is 4.74 Å². The van der Waals surface area contributed by atoms with Crippen molar-refractivity contribution in [3.05, 3.63) is 29.3 Å². The molecule has 1 aromatic carbocycles. The maximum atomic E-state index is 8.96. The van der Waals surface area contributed by atoms with Gasteiger partial charge < -0.3 is 10.1 Å². The number of benzene rings is 1. The van der Waals surface area contributed by atoms with Gasteiger partial charge in [0.05, 0.1) is 12.7 Å². The molecule has 104 valence electrons. The molecular weight excluding hydrogens is 262 g/mol. The monoisotopic (exact) mass is 281 g/mol. The number of methoxy groups -OCH3 is 1. The van der Waals surface area contributed by atoms with Crippen molar-refractivity contribution in [1.82, 2.24) is 10.2 Å². The summed E-state index contributed by atoms with van der Waals surface area (Å²) >= 11 is 0. The fourth-order valence-electron chi connectivity index (χ4n) is 2.28. The van der Waals surface area contributed by atoms with Gasteiger partial charge in [0, 0.05) is 32.2 Å². The normalized spacial score (nSPS) is 19.3. The molecule has 0 amide bonds. The van der Waals surface area contributed by atoms with Gasteiger partial charge >= 0.3 is 0 Å². The molecule has 1 fully saturated rings. The largest absolute Gasteiger partial charge is 0.495 e. The zero-order chi connectivity index (χ0) is 13.0. The molecule has 1 heterocycles. The second-order valence-electron chi connectivity index (χ2n) is 4.67. The third kappa shape index (κ3) is 3.84. The minimum atomic E-state index is 0. The standard InChI is InChI=1S/C14H19N3O.ClH/c1-11-9-16-5-6-17(11)10-12-3-4-13(8-15)14(7-12)18-2;/h3-4,7,11,16H,5-6,9-10H2,1-2H3;1H. The van der Waals surface area contributed by atoms with Crippen LogP contribution in [0.25, 0.3) is 0 Å². The highest BCUT2D eigenvalue weighted by molar-refractivity contribution is 5.85. The minimum absolute atomic E-state index is 0. The van der Waals surface area contributed by atoms with Gasteiger partial charge in [-0.2, -0.15) is 5.26 Å². The van der Waals surface area contributed by atoms with Crippen LogP contribution in [-0.4, -0.2) is 37.7 Å². The number of nitriles is 1. The Morgan fingerprint density at radius 2 is 2.32 bits per heavy atom. The van der Waals surface area contributed by atoms with Crippen molar-refractivity contribution in [2.75, 3.05) is 26.7 Å². The number of ether oxygens (including phenoxy) is 1. The molecule has 1 aliphatic heterocycles. The fraction of sp³-hybridized carbons (Fsp3) is 0.500. The van der Waals surface area contributed by atoms with E-state index in [4.69, 9.17) is 10.00 Å². The quantitative estimate of drug-likeness (QED) is 0.918. The number of rotatable bonds is 3. The zero-order valence-electron chi connectivity index (χ0n) is 11.3. The molecule has 1 aromatic rings. The van der Waals surface area contributed by atoms with E-state index in [0.29, 0.717) is 17.4 Å². The molecular formula is C14H20ClN3O. The summed E-state index contributed by atoms with van der Waals surface area (Å²) in [6.45, 7) is 6.27. The zero-order valence-corrected chi connectivity index (χ0v) is 12.2. The van der Waals surface area contributed by atoms with Crippen LogP contribution in [0.5, 0.6) is 5.75 Å². The number of hydrogen-bond acceptors (Lipinski definition) is 4. The second kappa shape index (κ2) is 7.34. The molecule has 0 radical (unpaired) electrons. The molecule has 2 rings (SSSR count). The number of halogens is 1. The number of nitrogens with zero attached hydrogens (tertiary/aromatic N) is 2. The summed E-state index contributed by atoms with van der Waals surface area (Å²) in [5.41, 5.74) is 1.79. The van der Waals surface area contributed by atoms with E-state index in [9.17, 15) is 0 Å². The van der Waals surface area contributed by atoms with Gasteiger partial charge in [-0.15, -0.1) is 12.4 Å². The molecule has 0 aliphatic carbocycles. The molecule has 0 aromatic heterocycles. The topological polar surface area (TPSA) is 48.3 Å². The van der Waals surface area contributed by atoms with E-state index < -0.39 is 0 Å². The molecule has 0 bridgehead atoms. The summed E-state index contributed by atoms with van der Waals surface area (Å²) in [6.07, 6.45) is 0. The maximum absolute atomic E-state index is 8.96. The van der Waals surface area contributed by atoms with Gasteiger partial charge in [-0.05, 0) is 24.6 Å². The van der Waals surface area contributed by atoms with Gasteiger partial charge in [0.15, 0.2) is 0 Å². The highest BCUT2D eigenvalue weighted by Crippen LogP contribution is 2.21. The van der Waals surface area contributed by atoms with Crippen molar-refractivity contribution in [3.63, 3.8) is 0 Å². The lowest BCUT2D eigenvalue weighted by Gasteiger charge is -2.33. The molecule has 5 heteroatoms. The van der Waals surface area contributed by atoms with Crippen LogP contribution in [-0.2, 0) is 6.54 Å². The van der Waals surface area contributed by atoms with Crippen molar-refractivity contribution >= 4 is 12.4 Å². The first-order valence-electron chi connectivity index (χ1n) is 6.26. The molecule has 0 saturated carbocycles. The Balaban J connectivity index is 0.00000180. The van der Waals surface area contributed by atoms with Crippen molar-refractivity contribution in [1.29, 1.82) is 5.26 Å². The summed E-state index contributed by atoms with van der Waals surface area (Å²) in [6, 6.07) is 8.49. The van der Waals surface area contributed by atoms with Gasteiger partial charge in [-0.25, -0.2) is 0 Å². The number of piperazine rings is 1. The molecule has 1 unspecified atom stereocenters. The van der Waals surface area contributed by atoms with E-state index in [0.717, 1.165) is 26.2 Å². The minimum Gasteiger partial charge on any atom is -0.495 e. The lowest BCUT2D eigenvalue weighted by Crippen LogP contribution is -2.49. The predicted octanol–water partition coefficient (Wildman–Crippen LogP) is 1.78. The molecule has 19 heavy (non-hydrogen) atoms. The predicted molar refractivity (Wildman–Crippen MR) is 77.7 cm³/mol. The fourth-order valence-corrected chi connectivity index (χ4v) is 2.28. The third-order valence-corrected chi connectivity index (χ3v) is 3.41. The van der Waals surface area contributed by atoms with E-state index in [1.165, 1.54) is 5.56 Å². The summed E-state index contributed by atoms with van der Waals surface area (Å²) < 4.78 is 5.24. The first-order chi connectivity index (χ1) is 8.74. The summed E-state index contributed by atoms with van der Waals surface area (Å²) in [5.74, 6) is 0.665. The Bertz CT molecular complexity index is 458. The second-order valence-corrected chi connectivity index (χ2v) is 4.67. The lowest BCUT2D eigenvalue weighted by molar-refractivity contribution is 0.165. The van der Waals surface area contributed by atoms with E-state index >= 15 is 0 Å². The molecule has 1 saturated heterocycles. The van der Waals surface area contributed by atoms with E-state index in [1.54, 1.807) is 7.11 Å². The Morgan fingerprint density at radius 1 is 1.53 bits per heavy atom. The molecule has 1 N–H and O–H groups in total. The first-order valence-corrected chi connectivity index (χ1v) is 6.26. The Hall–Kier alpha value is -1.28. The molecule has 0 spiro atoms. The van der Waals surface area contributed by atoms with Crippen LogP contribution in [0.1, 0.15) is 18.1 Å². The SMILES string of the molecule is COc1cc(CN2CCNCC2C)ccc1C#N.Cl. The Morgan fingerprint density at radius 3 is 2.95 bits per heavy atom. The van der Waals surface area contributed by atoms with Gasteiger partial charge in [-0.1, -0.05) is 6.07 Å². The highest BCUT2D eigenvalue weighted by Gasteiger charge is 2.18. The lowest BCUT2D eigenvalue weighted by atomic mass is 10.1. The smallest absolute Gasteiger partial charge is 0.136 e. The van der Waals surface area contributed by atoms with Gasteiger partial charge in [0.1, 0.15) is 11.8 Å². The van der Waals surface area contributed by atoms with E-state index in [2.05, 4.69) is 23.2 Å². The summed E-state index contributed by atoms with van der Waals surface area (Å²) in [4.78, 5) is 2.44. The summed E-state index contributed by atoms with van der Waals surface area (Å²) in [7, 11) is 1.60. The molecule has 1 aliphatic rings. The van der Waals surface area contributed by atoms with Crippen LogP contribution < -0.4 is 10.1 Å². The average Bonchev–Trinajstić information content (AvgIpc) is 2.41. The Labute approximate surface area is 120 Å². The van der Waals surface area contributed by atoms with Crippen molar-refractivity contribution in [3.8, 4) is 11.8 Å². The number of hydrogen-bond donors (Lipinski definition) is 1. The van der Waals surface area contributed by atoms with Gasteiger partial charge in [0.2, 0.25) is 0 Å². The van der Waals surface area contributed by atoms with Gasteiger partial charge in [0.25, 0.3) is 0 Å². The molecule has 1 atom stereocenters. The van der Waals surface area contributed by atoms with Crippen LogP contribution in [0.4, 0.5) is 0 Å². The van der Waals surface area contributed by atoms with Crippen LogP contribution in [0.15, 0.2) is 18.2 Å². The number of nitrogens with one attached hydrogen (secondary N) is 1. The van der Waals surface area contributed by atoms with E-state index in [1.807, 2.05) is 18.2 Å². The molecule has 4 nitrogen and oxygen atoms in total. The maximum Gasteiger partial charge on any atom is 0.136 e. The van der Waals surface area contributed by atoms with Crippen LogP contribution in [0.2, 0.25) is 0 Å².